The summed E-state index contributed by atoms with van der Waals surface area (Å²) in [6, 6.07) is 16.6. The maximum absolute atomic E-state index is 13.2. The number of halogens is 2. The molecule has 2 N–H and O–H groups in total. The van der Waals surface area contributed by atoms with Crippen LogP contribution in [0.3, 0.4) is 0 Å². The highest BCUT2D eigenvalue weighted by atomic mass is 35.5. The van der Waals surface area contributed by atoms with Crippen molar-refractivity contribution in [1.29, 1.82) is 0 Å². The summed E-state index contributed by atoms with van der Waals surface area (Å²) < 4.78 is 15.3. The fraction of sp³-hybridized carbons (Fsp3) is 0.100. The minimum Gasteiger partial charge on any atom is -0.342 e. The highest BCUT2D eigenvalue weighted by Gasteiger charge is 2.03. The summed E-state index contributed by atoms with van der Waals surface area (Å²) in [6.45, 7) is 2.82. The van der Waals surface area contributed by atoms with Crippen LogP contribution in [0.15, 0.2) is 65.9 Å². The first-order valence-electron chi connectivity index (χ1n) is 8.27. The predicted molar refractivity (Wildman–Crippen MR) is 113 cm³/mol. The van der Waals surface area contributed by atoms with Crippen molar-refractivity contribution in [3.63, 3.8) is 0 Å². The van der Waals surface area contributed by atoms with E-state index in [0.717, 1.165) is 12.2 Å². The standard InChI is InChI=1S/C20H18ClFN4S/c1-14-4-6-15(7-5-14)13-26-10-2-3-17(26)12-23-25-20(27)24-16-8-9-19(22)18(21)11-16/h2-12H,13H2,1H3,(H2,24,25,27)/b23-12-. The van der Waals surface area contributed by atoms with Crippen LogP contribution in [0.1, 0.15) is 16.8 Å². The monoisotopic (exact) mass is 400 g/mol. The van der Waals surface area contributed by atoms with E-state index in [4.69, 9.17) is 23.8 Å². The zero-order chi connectivity index (χ0) is 19.2. The van der Waals surface area contributed by atoms with Crippen LogP contribution in [0.4, 0.5) is 10.1 Å². The van der Waals surface area contributed by atoms with Gasteiger partial charge < -0.3 is 9.88 Å². The van der Waals surface area contributed by atoms with Crippen LogP contribution in [0.25, 0.3) is 0 Å². The third kappa shape index (κ3) is 5.39. The number of hydrogen-bond donors (Lipinski definition) is 2. The number of nitrogens with one attached hydrogen (secondary N) is 2. The lowest BCUT2D eigenvalue weighted by Crippen LogP contribution is -2.24. The summed E-state index contributed by atoms with van der Waals surface area (Å²) in [4.78, 5) is 0. The Kier molecular flexibility index (Phi) is 6.21. The fourth-order valence-electron chi connectivity index (χ4n) is 2.47. The van der Waals surface area contributed by atoms with E-state index in [1.165, 1.54) is 23.3 Å². The molecule has 4 nitrogen and oxygen atoms in total. The van der Waals surface area contributed by atoms with E-state index in [1.54, 1.807) is 12.3 Å². The normalized spacial score (nSPS) is 10.9. The SMILES string of the molecule is Cc1ccc(Cn2cccc2/C=N\NC(=S)Nc2ccc(F)c(Cl)c2)cc1. The minimum absolute atomic E-state index is 0.0280. The van der Waals surface area contributed by atoms with E-state index in [2.05, 4.69) is 51.6 Å². The van der Waals surface area contributed by atoms with Crippen molar-refractivity contribution in [2.24, 2.45) is 5.10 Å². The Balaban J connectivity index is 1.58. The van der Waals surface area contributed by atoms with E-state index in [-0.39, 0.29) is 10.1 Å². The van der Waals surface area contributed by atoms with Gasteiger partial charge in [-0.15, -0.1) is 0 Å². The second-order valence-electron chi connectivity index (χ2n) is 6.00. The van der Waals surface area contributed by atoms with Crippen LogP contribution in [-0.2, 0) is 6.54 Å². The molecule has 0 bridgehead atoms. The van der Waals surface area contributed by atoms with Crippen molar-refractivity contribution in [3.8, 4) is 0 Å². The first-order chi connectivity index (χ1) is 13.0. The van der Waals surface area contributed by atoms with Gasteiger partial charge in [0.15, 0.2) is 5.11 Å². The van der Waals surface area contributed by atoms with Gasteiger partial charge in [0.05, 0.1) is 16.9 Å². The highest BCUT2D eigenvalue weighted by molar-refractivity contribution is 7.80. The first-order valence-corrected chi connectivity index (χ1v) is 9.06. The van der Waals surface area contributed by atoms with Gasteiger partial charge in [0.25, 0.3) is 0 Å². The predicted octanol–water partition coefficient (Wildman–Crippen LogP) is 4.96. The smallest absolute Gasteiger partial charge is 0.191 e. The van der Waals surface area contributed by atoms with Gasteiger partial charge in [-0.05, 0) is 55.0 Å². The molecule has 138 valence electrons. The molecule has 2 aromatic carbocycles. The molecule has 1 heterocycles. The lowest BCUT2D eigenvalue weighted by atomic mass is 10.1. The molecule has 0 radical (unpaired) electrons. The van der Waals surface area contributed by atoms with Crippen LogP contribution in [0.2, 0.25) is 5.02 Å². The molecular weight excluding hydrogens is 383 g/mol. The quantitative estimate of drug-likeness (QED) is 0.361. The number of thiocarbonyl (C=S) groups is 1. The molecule has 0 aliphatic rings. The molecule has 0 fully saturated rings. The maximum atomic E-state index is 13.2. The summed E-state index contributed by atoms with van der Waals surface area (Å²) >= 11 is 10.9. The van der Waals surface area contributed by atoms with Crippen LogP contribution in [-0.4, -0.2) is 15.9 Å². The Hall–Kier alpha value is -2.70. The van der Waals surface area contributed by atoms with Crippen molar-refractivity contribution in [3.05, 3.63) is 88.5 Å². The van der Waals surface area contributed by atoms with Crippen molar-refractivity contribution in [2.75, 3.05) is 5.32 Å². The van der Waals surface area contributed by atoms with Crippen molar-refractivity contribution in [1.82, 2.24) is 9.99 Å². The second kappa shape index (κ2) is 8.79. The number of nitrogens with zero attached hydrogens (tertiary/aromatic N) is 2. The molecule has 3 rings (SSSR count). The van der Waals surface area contributed by atoms with Gasteiger partial charge in [0.1, 0.15) is 5.82 Å². The number of hydrazone groups is 1. The molecule has 27 heavy (non-hydrogen) atoms. The van der Waals surface area contributed by atoms with Crippen LogP contribution in [0.5, 0.6) is 0 Å². The van der Waals surface area contributed by atoms with Gasteiger partial charge in [-0.1, -0.05) is 41.4 Å². The average Bonchev–Trinajstić information content (AvgIpc) is 3.07. The molecule has 0 spiro atoms. The van der Waals surface area contributed by atoms with E-state index < -0.39 is 5.82 Å². The van der Waals surface area contributed by atoms with Crippen molar-refractivity contribution in [2.45, 2.75) is 13.5 Å². The molecule has 0 aliphatic carbocycles. The van der Waals surface area contributed by atoms with Crippen LogP contribution < -0.4 is 10.7 Å². The molecular formula is C20H18ClFN4S. The molecule has 0 amide bonds. The van der Waals surface area contributed by atoms with Crippen molar-refractivity contribution < 1.29 is 4.39 Å². The largest absolute Gasteiger partial charge is 0.342 e. The van der Waals surface area contributed by atoms with Gasteiger partial charge >= 0.3 is 0 Å². The first kappa shape index (κ1) is 19.1. The second-order valence-corrected chi connectivity index (χ2v) is 6.82. The molecule has 0 saturated heterocycles. The van der Waals surface area contributed by atoms with Gasteiger partial charge in [-0.2, -0.15) is 5.10 Å². The summed E-state index contributed by atoms with van der Waals surface area (Å²) in [7, 11) is 0. The Morgan fingerprint density at radius 2 is 2.00 bits per heavy atom. The molecule has 0 unspecified atom stereocenters. The fourth-order valence-corrected chi connectivity index (χ4v) is 2.82. The van der Waals surface area contributed by atoms with Crippen molar-refractivity contribution >= 4 is 40.8 Å². The molecule has 0 atom stereocenters. The van der Waals surface area contributed by atoms with Gasteiger partial charge in [-0.25, -0.2) is 4.39 Å². The zero-order valence-corrected chi connectivity index (χ0v) is 16.2. The summed E-state index contributed by atoms with van der Waals surface area (Å²) in [5.41, 5.74) is 6.71. The average molecular weight is 401 g/mol. The number of aryl methyl sites for hydroxylation is 1. The third-order valence-electron chi connectivity index (χ3n) is 3.88. The Morgan fingerprint density at radius 3 is 2.74 bits per heavy atom. The van der Waals surface area contributed by atoms with E-state index in [0.29, 0.717) is 5.69 Å². The molecule has 0 aliphatic heterocycles. The van der Waals surface area contributed by atoms with Crippen LogP contribution >= 0.6 is 23.8 Å². The molecule has 3 aromatic rings. The number of rotatable bonds is 5. The van der Waals surface area contributed by atoms with Gasteiger partial charge in [0.2, 0.25) is 0 Å². The number of benzene rings is 2. The number of hydrogen-bond acceptors (Lipinski definition) is 2. The zero-order valence-electron chi connectivity index (χ0n) is 14.6. The Bertz CT molecular complexity index is 966. The Morgan fingerprint density at radius 1 is 1.22 bits per heavy atom. The number of anilines is 1. The Labute approximate surface area is 167 Å². The minimum atomic E-state index is -0.478. The molecule has 0 saturated carbocycles. The van der Waals surface area contributed by atoms with E-state index in [1.807, 2.05) is 18.3 Å². The number of aromatic nitrogens is 1. The summed E-state index contributed by atoms with van der Waals surface area (Å²) in [5.74, 6) is -0.478. The molecule has 1 aromatic heterocycles. The van der Waals surface area contributed by atoms with E-state index >= 15 is 0 Å². The topological polar surface area (TPSA) is 41.4 Å². The lowest BCUT2D eigenvalue weighted by molar-refractivity contribution is 0.628. The summed E-state index contributed by atoms with van der Waals surface area (Å²) in [5, 5.41) is 7.37. The van der Waals surface area contributed by atoms with Gasteiger partial charge in [-0.3, -0.25) is 5.43 Å². The van der Waals surface area contributed by atoms with Crippen LogP contribution in [0, 0.1) is 12.7 Å². The molecule has 7 heteroatoms. The maximum Gasteiger partial charge on any atom is 0.191 e. The highest BCUT2D eigenvalue weighted by Crippen LogP contribution is 2.19. The summed E-state index contributed by atoms with van der Waals surface area (Å²) in [6.07, 6.45) is 3.69. The van der Waals surface area contributed by atoms with E-state index in [9.17, 15) is 4.39 Å². The van der Waals surface area contributed by atoms with Gasteiger partial charge in [0, 0.05) is 18.4 Å². The third-order valence-corrected chi connectivity index (χ3v) is 4.36. The lowest BCUT2D eigenvalue weighted by Gasteiger charge is -2.08.